The molecule has 0 aliphatic carbocycles. The Kier molecular flexibility index (Phi) is 3.30. The predicted molar refractivity (Wildman–Crippen MR) is 63.2 cm³/mol. The molecule has 0 radical (unpaired) electrons. The number of nitrogens with one attached hydrogen (secondary N) is 1. The van der Waals surface area contributed by atoms with Crippen LogP contribution in [-0.4, -0.2) is 36.7 Å². The fourth-order valence-electron chi connectivity index (χ4n) is 2.48. The molecule has 2 heterocycles. The molecule has 1 aliphatic heterocycles. The topological polar surface area (TPSA) is 41.3 Å². The van der Waals surface area contributed by atoms with Crippen LogP contribution >= 0.6 is 0 Å². The molecule has 1 aliphatic rings. The summed E-state index contributed by atoms with van der Waals surface area (Å²) in [5, 5.41) is 7.45. The molecule has 0 bridgehead atoms. The molecule has 4 heteroatoms. The van der Waals surface area contributed by atoms with E-state index in [-0.39, 0.29) is 0 Å². The van der Waals surface area contributed by atoms with E-state index in [1.807, 2.05) is 13.0 Å². The van der Waals surface area contributed by atoms with Crippen LogP contribution in [0.15, 0.2) is 10.6 Å². The molecule has 1 aromatic rings. The second kappa shape index (κ2) is 4.55. The van der Waals surface area contributed by atoms with Gasteiger partial charge in [0, 0.05) is 25.7 Å². The lowest BCUT2D eigenvalue weighted by atomic mass is 9.89. The van der Waals surface area contributed by atoms with E-state index in [0.29, 0.717) is 5.41 Å². The molecule has 1 fully saturated rings. The van der Waals surface area contributed by atoms with Crippen LogP contribution in [0.4, 0.5) is 0 Å². The average molecular weight is 223 g/mol. The van der Waals surface area contributed by atoms with Crippen molar-refractivity contribution in [1.82, 2.24) is 15.4 Å². The molecular formula is C12H21N3O. The maximum atomic E-state index is 5.07. The summed E-state index contributed by atoms with van der Waals surface area (Å²) in [6.07, 6.45) is 1.26. The number of hydrogen-bond donors (Lipinski definition) is 1. The van der Waals surface area contributed by atoms with Gasteiger partial charge in [-0.2, -0.15) is 0 Å². The van der Waals surface area contributed by atoms with Crippen LogP contribution in [-0.2, 0) is 6.54 Å². The summed E-state index contributed by atoms with van der Waals surface area (Å²) in [6.45, 7) is 8.51. The Balaban J connectivity index is 1.86. The van der Waals surface area contributed by atoms with Crippen LogP contribution in [0.3, 0.4) is 0 Å². The van der Waals surface area contributed by atoms with Gasteiger partial charge in [0.2, 0.25) is 0 Å². The molecule has 1 aromatic heterocycles. The molecule has 1 N–H and O–H groups in total. The zero-order valence-corrected chi connectivity index (χ0v) is 10.4. The minimum absolute atomic E-state index is 0.410. The lowest BCUT2D eigenvalue weighted by molar-refractivity contribution is 0.199. The zero-order valence-electron chi connectivity index (χ0n) is 10.4. The van der Waals surface area contributed by atoms with Crippen LogP contribution < -0.4 is 5.32 Å². The number of hydrogen-bond acceptors (Lipinski definition) is 4. The molecule has 1 saturated heterocycles. The quantitative estimate of drug-likeness (QED) is 0.838. The summed E-state index contributed by atoms with van der Waals surface area (Å²) in [4.78, 5) is 2.32. The van der Waals surface area contributed by atoms with Gasteiger partial charge < -0.3 is 9.84 Å². The standard InChI is InChI=1S/C12H21N3O/c1-10-6-11(14-16-10)7-15(3)9-12(2)4-5-13-8-12/h6,13H,4-5,7-9H2,1-3H3. The van der Waals surface area contributed by atoms with Crippen LogP contribution in [0.25, 0.3) is 0 Å². The largest absolute Gasteiger partial charge is 0.361 e. The smallest absolute Gasteiger partial charge is 0.133 e. The van der Waals surface area contributed by atoms with Gasteiger partial charge in [0.1, 0.15) is 5.76 Å². The van der Waals surface area contributed by atoms with E-state index in [1.165, 1.54) is 6.42 Å². The summed E-state index contributed by atoms with van der Waals surface area (Å²) in [7, 11) is 2.15. The fraction of sp³-hybridized carbons (Fsp3) is 0.750. The Bertz CT molecular complexity index is 342. The Morgan fingerprint density at radius 2 is 2.44 bits per heavy atom. The molecule has 4 nitrogen and oxygen atoms in total. The monoisotopic (exact) mass is 223 g/mol. The number of aryl methyl sites for hydroxylation is 1. The fourth-order valence-corrected chi connectivity index (χ4v) is 2.48. The van der Waals surface area contributed by atoms with Gasteiger partial charge in [0.05, 0.1) is 5.69 Å². The molecule has 90 valence electrons. The van der Waals surface area contributed by atoms with Crippen molar-refractivity contribution in [3.8, 4) is 0 Å². The third kappa shape index (κ3) is 2.83. The highest BCUT2D eigenvalue weighted by molar-refractivity contribution is 5.03. The van der Waals surface area contributed by atoms with Crippen LogP contribution in [0.1, 0.15) is 24.8 Å². The highest BCUT2D eigenvalue weighted by Crippen LogP contribution is 2.25. The van der Waals surface area contributed by atoms with Gasteiger partial charge in [0.25, 0.3) is 0 Å². The Morgan fingerprint density at radius 1 is 1.62 bits per heavy atom. The van der Waals surface area contributed by atoms with Gasteiger partial charge in [-0.1, -0.05) is 12.1 Å². The van der Waals surface area contributed by atoms with E-state index >= 15 is 0 Å². The van der Waals surface area contributed by atoms with Gasteiger partial charge in [-0.05, 0) is 32.4 Å². The van der Waals surface area contributed by atoms with E-state index in [4.69, 9.17) is 4.52 Å². The predicted octanol–water partition coefficient (Wildman–Crippen LogP) is 1.41. The van der Waals surface area contributed by atoms with Crippen molar-refractivity contribution in [1.29, 1.82) is 0 Å². The third-order valence-corrected chi connectivity index (χ3v) is 3.22. The molecule has 1 unspecified atom stereocenters. The molecule has 2 rings (SSSR count). The maximum absolute atomic E-state index is 5.07. The first-order chi connectivity index (χ1) is 7.57. The molecule has 0 saturated carbocycles. The van der Waals surface area contributed by atoms with E-state index in [0.717, 1.165) is 37.6 Å². The van der Waals surface area contributed by atoms with Crippen molar-refractivity contribution in [2.75, 3.05) is 26.7 Å². The summed E-state index contributed by atoms with van der Waals surface area (Å²) in [5.41, 5.74) is 1.43. The number of nitrogens with zero attached hydrogens (tertiary/aromatic N) is 2. The Hall–Kier alpha value is -0.870. The van der Waals surface area contributed by atoms with Gasteiger partial charge in [0.15, 0.2) is 0 Å². The van der Waals surface area contributed by atoms with Crippen molar-refractivity contribution in [2.24, 2.45) is 5.41 Å². The van der Waals surface area contributed by atoms with Gasteiger partial charge in [-0.15, -0.1) is 0 Å². The highest BCUT2D eigenvalue weighted by Gasteiger charge is 2.29. The molecule has 16 heavy (non-hydrogen) atoms. The van der Waals surface area contributed by atoms with Gasteiger partial charge >= 0.3 is 0 Å². The number of rotatable bonds is 4. The SMILES string of the molecule is Cc1cc(CN(C)CC2(C)CCNC2)no1. The third-order valence-electron chi connectivity index (χ3n) is 3.22. The molecule has 0 aromatic carbocycles. The Morgan fingerprint density at radius 3 is 3.00 bits per heavy atom. The van der Waals surface area contributed by atoms with Gasteiger partial charge in [-0.25, -0.2) is 0 Å². The summed E-state index contributed by atoms with van der Waals surface area (Å²) >= 11 is 0. The van der Waals surface area contributed by atoms with Crippen LogP contribution in [0, 0.1) is 12.3 Å². The molecule has 1 atom stereocenters. The maximum Gasteiger partial charge on any atom is 0.133 e. The van der Waals surface area contributed by atoms with Gasteiger partial charge in [-0.3, -0.25) is 4.90 Å². The minimum Gasteiger partial charge on any atom is -0.361 e. The van der Waals surface area contributed by atoms with Crippen molar-refractivity contribution in [3.05, 3.63) is 17.5 Å². The second-order valence-corrected chi connectivity index (χ2v) is 5.34. The van der Waals surface area contributed by atoms with Crippen molar-refractivity contribution in [2.45, 2.75) is 26.8 Å². The van der Waals surface area contributed by atoms with Crippen molar-refractivity contribution in [3.63, 3.8) is 0 Å². The van der Waals surface area contributed by atoms with Crippen molar-refractivity contribution < 1.29 is 4.52 Å². The first kappa shape index (κ1) is 11.6. The van der Waals surface area contributed by atoms with Crippen LogP contribution in [0.5, 0.6) is 0 Å². The summed E-state index contributed by atoms with van der Waals surface area (Å²) < 4.78 is 5.07. The number of aromatic nitrogens is 1. The van der Waals surface area contributed by atoms with E-state index < -0.39 is 0 Å². The molecular weight excluding hydrogens is 202 g/mol. The van der Waals surface area contributed by atoms with Crippen molar-refractivity contribution >= 4 is 0 Å². The molecule has 0 spiro atoms. The summed E-state index contributed by atoms with van der Waals surface area (Å²) in [6, 6.07) is 2.01. The Labute approximate surface area is 97.0 Å². The van der Waals surface area contributed by atoms with E-state index in [1.54, 1.807) is 0 Å². The normalized spacial score (nSPS) is 25.5. The zero-order chi connectivity index (χ0) is 11.6. The van der Waals surface area contributed by atoms with Crippen LogP contribution in [0.2, 0.25) is 0 Å². The first-order valence-corrected chi connectivity index (χ1v) is 5.89. The first-order valence-electron chi connectivity index (χ1n) is 5.89. The average Bonchev–Trinajstić information content (AvgIpc) is 2.75. The second-order valence-electron chi connectivity index (χ2n) is 5.34. The van der Waals surface area contributed by atoms with E-state index in [9.17, 15) is 0 Å². The summed E-state index contributed by atoms with van der Waals surface area (Å²) in [5.74, 6) is 0.886. The molecule has 0 amide bonds. The highest BCUT2D eigenvalue weighted by atomic mass is 16.5. The van der Waals surface area contributed by atoms with E-state index in [2.05, 4.69) is 29.3 Å². The lowest BCUT2D eigenvalue weighted by Crippen LogP contribution is -2.34. The minimum atomic E-state index is 0.410. The lowest BCUT2D eigenvalue weighted by Gasteiger charge is -2.28.